The maximum atomic E-state index is 13.1. The lowest BCUT2D eigenvalue weighted by Crippen LogP contribution is -2.38. The fourth-order valence-electron chi connectivity index (χ4n) is 4.08. The van der Waals surface area contributed by atoms with Gasteiger partial charge in [0.1, 0.15) is 28.4 Å². The van der Waals surface area contributed by atoms with E-state index in [0.29, 0.717) is 30.7 Å². The fraction of sp³-hybridized carbons (Fsp3) is 0.400. The maximum Gasteiger partial charge on any atom is 0.417 e. The van der Waals surface area contributed by atoms with Gasteiger partial charge in [0.15, 0.2) is 0 Å². The first-order chi connectivity index (χ1) is 15.7. The van der Waals surface area contributed by atoms with Crippen LogP contribution in [0.3, 0.4) is 0 Å². The molecule has 0 spiro atoms. The molecule has 1 aliphatic heterocycles. The van der Waals surface area contributed by atoms with Crippen molar-refractivity contribution < 1.29 is 23.8 Å². The minimum absolute atomic E-state index is 0.262. The summed E-state index contributed by atoms with van der Waals surface area (Å²) >= 11 is 0. The Hall–Kier alpha value is -3.55. The lowest BCUT2D eigenvalue weighted by atomic mass is 9.96. The van der Waals surface area contributed by atoms with Crippen molar-refractivity contribution in [2.75, 3.05) is 20.8 Å². The Bertz CT molecular complexity index is 1180. The molecular formula is C25H29N3O5. The molecule has 33 heavy (non-hydrogen) atoms. The molecule has 4 rings (SSSR count). The van der Waals surface area contributed by atoms with E-state index < -0.39 is 17.6 Å². The number of H-pyrrole nitrogens is 1. The van der Waals surface area contributed by atoms with Gasteiger partial charge in [-0.1, -0.05) is 18.2 Å². The summed E-state index contributed by atoms with van der Waals surface area (Å²) in [6.07, 6.45) is 0.501. The van der Waals surface area contributed by atoms with Crippen molar-refractivity contribution in [1.29, 1.82) is 0 Å². The molecule has 1 atom stereocenters. The Kier molecular flexibility index (Phi) is 6.01. The highest BCUT2D eigenvalue weighted by Crippen LogP contribution is 2.36. The van der Waals surface area contributed by atoms with Crippen LogP contribution in [0, 0.1) is 0 Å². The van der Waals surface area contributed by atoms with Gasteiger partial charge >= 0.3 is 6.09 Å². The Balaban J connectivity index is 1.64. The van der Waals surface area contributed by atoms with Gasteiger partial charge in [0.2, 0.25) is 5.91 Å². The molecule has 1 aliphatic rings. The Morgan fingerprint density at radius 1 is 1.12 bits per heavy atom. The standard InChI is InChI=1S/C25H29N3O5/c1-25(2,3)33-24(30)28-13-12-18(23(28)29)17-10-11-19(32-5)22-21(17)26-20(27-22)14-15-6-8-16(31-4)9-7-15/h6-11,18H,12-14H2,1-5H3,(H,26,27). The molecule has 8 heteroatoms. The molecule has 2 aromatic carbocycles. The number of imidazole rings is 1. The van der Waals surface area contributed by atoms with Crippen LogP contribution in [0.4, 0.5) is 4.79 Å². The number of hydrogen-bond acceptors (Lipinski definition) is 6. The first kappa shape index (κ1) is 22.6. The van der Waals surface area contributed by atoms with Crippen LogP contribution in [-0.4, -0.2) is 53.2 Å². The van der Waals surface area contributed by atoms with E-state index in [4.69, 9.17) is 19.2 Å². The lowest BCUT2D eigenvalue weighted by molar-refractivity contribution is -0.128. The number of likely N-dealkylation sites (tertiary alicyclic amines) is 1. The topological polar surface area (TPSA) is 93.8 Å². The van der Waals surface area contributed by atoms with Gasteiger partial charge in [0, 0.05) is 13.0 Å². The van der Waals surface area contributed by atoms with E-state index >= 15 is 0 Å². The number of amides is 2. The number of carbonyl (C=O) groups is 2. The van der Waals surface area contributed by atoms with Crippen molar-refractivity contribution in [1.82, 2.24) is 14.9 Å². The fourth-order valence-corrected chi connectivity index (χ4v) is 4.08. The third kappa shape index (κ3) is 4.65. The van der Waals surface area contributed by atoms with Gasteiger partial charge in [-0.15, -0.1) is 0 Å². The van der Waals surface area contributed by atoms with E-state index in [9.17, 15) is 9.59 Å². The van der Waals surface area contributed by atoms with Gasteiger partial charge in [0.25, 0.3) is 0 Å². The monoisotopic (exact) mass is 451 g/mol. The highest BCUT2D eigenvalue weighted by atomic mass is 16.6. The zero-order valence-corrected chi connectivity index (χ0v) is 19.6. The molecule has 1 saturated heterocycles. The summed E-state index contributed by atoms with van der Waals surface area (Å²) in [7, 11) is 3.23. The molecule has 174 valence electrons. The van der Waals surface area contributed by atoms with Crippen LogP contribution in [0.2, 0.25) is 0 Å². The molecule has 0 aliphatic carbocycles. The molecule has 3 aromatic rings. The van der Waals surface area contributed by atoms with Crippen LogP contribution in [0.25, 0.3) is 11.0 Å². The van der Waals surface area contributed by atoms with Crippen LogP contribution in [0.15, 0.2) is 36.4 Å². The second-order valence-electron chi connectivity index (χ2n) is 9.10. The maximum absolute atomic E-state index is 13.1. The molecule has 1 aromatic heterocycles. The van der Waals surface area contributed by atoms with Crippen LogP contribution in [0.1, 0.15) is 50.1 Å². The second kappa shape index (κ2) is 8.77. The highest BCUT2D eigenvalue weighted by Gasteiger charge is 2.39. The van der Waals surface area contributed by atoms with Crippen molar-refractivity contribution in [2.24, 2.45) is 0 Å². The number of aromatic amines is 1. The summed E-state index contributed by atoms with van der Waals surface area (Å²) in [6.45, 7) is 5.67. The van der Waals surface area contributed by atoms with Crippen LogP contribution in [0.5, 0.6) is 11.5 Å². The summed E-state index contributed by atoms with van der Waals surface area (Å²) in [4.78, 5) is 35.0. The molecule has 0 saturated carbocycles. The third-order valence-corrected chi connectivity index (χ3v) is 5.63. The normalized spacial score (nSPS) is 16.3. The van der Waals surface area contributed by atoms with Crippen LogP contribution in [-0.2, 0) is 16.0 Å². The second-order valence-corrected chi connectivity index (χ2v) is 9.10. The van der Waals surface area contributed by atoms with Gasteiger partial charge in [-0.25, -0.2) is 14.7 Å². The Labute approximate surface area is 192 Å². The minimum Gasteiger partial charge on any atom is -0.497 e. The third-order valence-electron chi connectivity index (χ3n) is 5.63. The number of carbonyl (C=O) groups excluding carboxylic acids is 2. The van der Waals surface area contributed by atoms with Crippen molar-refractivity contribution in [3.8, 4) is 11.5 Å². The van der Waals surface area contributed by atoms with Gasteiger partial charge < -0.3 is 19.2 Å². The number of hydrogen-bond donors (Lipinski definition) is 1. The smallest absolute Gasteiger partial charge is 0.417 e. The number of aromatic nitrogens is 2. The van der Waals surface area contributed by atoms with Crippen molar-refractivity contribution in [3.05, 3.63) is 53.3 Å². The first-order valence-corrected chi connectivity index (χ1v) is 10.9. The number of methoxy groups -OCH3 is 2. The summed E-state index contributed by atoms with van der Waals surface area (Å²) in [6, 6.07) is 11.5. The molecule has 2 amide bonds. The van der Waals surface area contributed by atoms with E-state index in [1.165, 1.54) is 4.90 Å². The molecule has 0 bridgehead atoms. The Morgan fingerprint density at radius 2 is 1.85 bits per heavy atom. The van der Waals surface area contributed by atoms with Crippen molar-refractivity contribution in [2.45, 2.75) is 45.1 Å². The largest absolute Gasteiger partial charge is 0.497 e. The minimum atomic E-state index is -0.664. The predicted molar refractivity (Wildman–Crippen MR) is 124 cm³/mol. The first-order valence-electron chi connectivity index (χ1n) is 10.9. The van der Waals surface area contributed by atoms with E-state index in [1.54, 1.807) is 35.0 Å². The molecule has 2 heterocycles. The molecule has 8 nitrogen and oxygen atoms in total. The summed E-state index contributed by atoms with van der Waals surface area (Å²) in [5.74, 6) is 1.46. The number of ether oxygens (including phenoxy) is 3. The molecule has 1 unspecified atom stereocenters. The molecular weight excluding hydrogens is 422 g/mol. The predicted octanol–water partition coefficient (Wildman–Crippen LogP) is 4.42. The van der Waals surface area contributed by atoms with Gasteiger partial charge in [-0.3, -0.25) is 4.79 Å². The number of benzene rings is 2. The number of rotatable bonds is 5. The number of nitrogens with one attached hydrogen (secondary N) is 1. The van der Waals surface area contributed by atoms with Crippen LogP contribution >= 0.6 is 0 Å². The SMILES string of the molecule is COc1ccc(Cc2nc3c(OC)ccc(C4CCN(C(=O)OC(C)(C)C)C4=O)c3[nH]2)cc1. The number of fused-ring (bicyclic) bond motifs is 1. The summed E-state index contributed by atoms with van der Waals surface area (Å²) < 4.78 is 16.1. The van der Waals surface area contributed by atoms with E-state index in [0.717, 1.165) is 28.2 Å². The van der Waals surface area contributed by atoms with Gasteiger partial charge in [-0.05, 0) is 56.5 Å². The van der Waals surface area contributed by atoms with Gasteiger partial charge in [0.05, 0.1) is 25.7 Å². The zero-order chi connectivity index (χ0) is 23.8. The number of imide groups is 1. The highest BCUT2D eigenvalue weighted by molar-refractivity contribution is 6.00. The summed E-state index contributed by atoms with van der Waals surface area (Å²) in [5, 5.41) is 0. The molecule has 1 fully saturated rings. The zero-order valence-electron chi connectivity index (χ0n) is 19.6. The quantitative estimate of drug-likeness (QED) is 0.617. The summed E-state index contributed by atoms with van der Waals surface area (Å²) in [5.41, 5.74) is 2.63. The lowest BCUT2D eigenvalue weighted by Gasteiger charge is -2.23. The van der Waals surface area contributed by atoms with Crippen molar-refractivity contribution >= 4 is 23.0 Å². The number of nitrogens with zero attached hydrogens (tertiary/aromatic N) is 2. The molecule has 0 radical (unpaired) electrons. The average molecular weight is 452 g/mol. The van der Waals surface area contributed by atoms with Crippen molar-refractivity contribution in [3.63, 3.8) is 0 Å². The van der Waals surface area contributed by atoms with E-state index in [2.05, 4.69) is 4.98 Å². The average Bonchev–Trinajstić information content (AvgIpc) is 3.36. The van der Waals surface area contributed by atoms with E-state index in [1.807, 2.05) is 36.4 Å². The Morgan fingerprint density at radius 3 is 2.48 bits per heavy atom. The molecule has 1 N–H and O–H groups in total. The van der Waals surface area contributed by atoms with Gasteiger partial charge in [-0.2, -0.15) is 0 Å². The van der Waals surface area contributed by atoms with E-state index in [-0.39, 0.29) is 5.91 Å². The van der Waals surface area contributed by atoms with Crippen LogP contribution < -0.4 is 9.47 Å².